The third kappa shape index (κ3) is 2.05. The first kappa shape index (κ1) is 12.4. The van der Waals surface area contributed by atoms with E-state index in [1.165, 1.54) is 18.7 Å². The van der Waals surface area contributed by atoms with Crippen LogP contribution in [0.5, 0.6) is 0 Å². The fraction of sp³-hybridized carbons (Fsp3) is 0.167. The topological polar surface area (TPSA) is 49.9 Å². The Morgan fingerprint density at radius 3 is 2.71 bits per heavy atom. The zero-order valence-corrected chi connectivity index (χ0v) is 11.7. The normalized spacial score (nSPS) is 10.8. The van der Waals surface area contributed by atoms with Crippen LogP contribution in [0.3, 0.4) is 0 Å². The highest BCUT2D eigenvalue weighted by Crippen LogP contribution is 2.24. The number of Topliss-reactive ketones (excluding diaryl/α,β-unsaturated/α-hetero) is 1. The van der Waals surface area contributed by atoms with E-state index in [-0.39, 0.29) is 16.8 Å². The molecule has 88 valence electrons. The first-order valence-electron chi connectivity index (χ1n) is 4.95. The highest BCUT2D eigenvalue weighted by molar-refractivity contribution is 9.10. The monoisotopic (exact) mass is 311 g/mol. The molecule has 0 radical (unpaired) electrons. The molecule has 0 fully saturated rings. The van der Waals surface area contributed by atoms with E-state index in [4.69, 9.17) is 0 Å². The van der Waals surface area contributed by atoms with Crippen molar-refractivity contribution in [3.8, 4) is 0 Å². The number of ketones is 1. The number of carbonyl (C=O) groups is 1. The van der Waals surface area contributed by atoms with Crippen molar-refractivity contribution in [2.24, 2.45) is 0 Å². The van der Waals surface area contributed by atoms with E-state index in [1.807, 2.05) is 12.3 Å². The van der Waals surface area contributed by atoms with Crippen molar-refractivity contribution in [3.63, 3.8) is 0 Å². The molecule has 0 aliphatic heterocycles. The summed E-state index contributed by atoms with van der Waals surface area (Å²) in [6.07, 6.45) is 1.83. The average molecular weight is 312 g/mol. The lowest BCUT2D eigenvalue weighted by molar-refractivity contribution is 0.101. The Morgan fingerprint density at radius 2 is 2.12 bits per heavy atom. The Hall–Kier alpha value is -1.07. The van der Waals surface area contributed by atoms with Gasteiger partial charge in [-0.1, -0.05) is 6.07 Å². The van der Waals surface area contributed by atoms with Crippen LogP contribution in [0.1, 0.15) is 17.3 Å². The van der Waals surface area contributed by atoms with Crippen LogP contribution in [0, 0.1) is 0 Å². The molecule has 0 amide bonds. The first-order chi connectivity index (χ1) is 8.06. The van der Waals surface area contributed by atoms with E-state index in [2.05, 4.69) is 20.9 Å². The molecule has 0 saturated heterocycles. The van der Waals surface area contributed by atoms with Crippen molar-refractivity contribution < 1.29 is 4.79 Å². The van der Waals surface area contributed by atoms with Crippen molar-refractivity contribution >= 4 is 44.4 Å². The lowest BCUT2D eigenvalue weighted by Crippen LogP contribution is -2.16. The third-order valence-electron chi connectivity index (χ3n) is 2.51. The molecular weight excluding hydrogens is 302 g/mol. The molecule has 5 heteroatoms. The minimum Gasteiger partial charge on any atom is -0.348 e. The average Bonchev–Trinajstić information content (AvgIpc) is 2.29. The Labute approximate surface area is 111 Å². The van der Waals surface area contributed by atoms with Gasteiger partial charge in [-0.25, -0.2) is 0 Å². The zero-order chi connectivity index (χ0) is 12.6. The molecule has 1 aromatic carbocycles. The number of hydrogen-bond donors (Lipinski definition) is 1. The van der Waals surface area contributed by atoms with Gasteiger partial charge in [-0.3, -0.25) is 9.59 Å². The third-order valence-corrected chi connectivity index (χ3v) is 3.88. The second-order valence-corrected chi connectivity index (χ2v) is 5.25. The Morgan fingerprint density at radius 1 is 1.41 bits per heavy atom. The van der Waals surface area contributed by atoms with E-state index < -0.39 is 0 Å². The summed E-state index contributed by atoms with van der Waals surface area (Å²) in [6.45, 7) is 1.41. The number of benzene rings is 1. The van der Waals surface area contributed by atoms with E-state index in [1.54, 1.807) is 12.1 Å². The standard InChI is InChI=1S/C12H10BrNO2S/c1-6(15)9-11(16)7-4-3-5-8(13)10(7)14-12(9)17-2/h3-5H,1-2H3,(H,14,16). The van der Waals surface area contributed by atoms with Crippen molar-refractivity contribution in [2.75, 3.05) is 6.26 Å². The highest BCUT2D eigenvalue weighted by Gasteiger charge is 2.15. The molecule has 0 bridgehead atoms. The van der Waals surface area contributed by atoms with Crippen LogP contribution in [-0.2, 0) is 0 Å². The van der Waals surface area contributed by atoms with Gasteiger partial charge < -0.3 is 4.98 Å². The van der Waals surface area contributed by atoms with E-state index in [0.717, 1.165) is 9.99 Å². The number of para-hydroxylation sites is 1. The predicted octanol–water partition coefficient (Wildman–Crippen LogP) is 3.22. The summed E-state index contributed by atoms with van der Waals surface area (Å²) in [5, 5.41) is 1.14. The molecule has 1 N–H and O–H groups in total. The molecule has 0 unspecified atom stereocenters. The van der Waals surface area contributed by atoms with Gasteiger partial charge in [0.15, 0.2) is 5.78 Å². The van der Waals surface area contributed by atoms with Gasteiger partial charge in [0.1, 0.15) is 0 Å². The Bertz CT molecular complexity index is 663. The second kappa shape index (κ2) is 4.66. The largest absolute Gasteiger partial charge is 0.348 e. The van der Waals surface area contributed by atoms with Crippen LogP contribution < -0.4 is 5.43 Å². The van der Waals surface area contributed by atoms with E-state index >= 15 is 0 Å². The number of nitrogens with one attached hydrogen (secondary N) is 1. The van der Waals surface area contributed by atoms with Gasteiger partial charge in [-0.15, -0.1) is 11.8 Å². The fourth-order valence-corrected chi connectivity index (χ4v) is 2.84. The molecule has 2 rings (SSSR count). The molecule has 0 saturated carbocycles. The number of halogens is 1. The number of aromatic nitrogens is 1. The quantitative estimate of drug-likeness (QED) is 0.684. The molecule has 0 spiro atoms. The number of rotatable bonds is 2. The summed E-state index contributed by atoms with van der Waals surface area (Å²) in [5.74, 6) is -0.211. The van der Waals surface area contributed by atoms with Gasteiger partial charge in [-0.05, 0) is 41.2 Å². The number of thioether (sulfide) groups is 1. The summed E-state index contributed by atoms with van der Waals surface area (Å²) >= 11 is 4.76. The first-order valence-corrected chi connectivity index (χ1v) is 6.97. The van der Waals surface area contributed by atoms with Crippen LogP contribution in [0.2, 0.25) is 0 Å². The maximum atomic E-state index is 12.2. The number of hydrogen-bond acceptors (Lipinski definition) is 3. The maximum absolute atomic E-state index is 12.2. The number of aromatic amines is 1. The van der Waals surface area contributed by atoms with Gasteiger partial charge in [0.25, 0.3) is 0 Å². The smallest absolute Gasteiger partial charge is 0.201 e. The van der Waals surface area contributed by atoms with Gasteiger partial charge in [0.05, 0.1) is 16.1 Å². The molecule has 1 aromatic heterocycles. The summed E-state index contributed by atoms with van der Waals surface area (Å²) in [5.41, 5.74) is 0.756. The van der Waals surface area contributed by atoms with Gasteiger partial charge in [0.2, 0.25) is 5.43 Å². The summed E-state index contributed by atoms with van der Waals surface area (Å²) in [6, 6.07) is 5.36. The van der Waals surface area contributed by atoms with Crippen LogP contribution in [0.4, 0.5) is 0 Å². The van der Waals surface area contributed by atoms with E-state index in [0.29, 0.717) is 10.4 Å². The highest BCUT2D eigenvalue weighted by atomic mass is 79.9. The van der Waals surface area contributed by atoms with Crippen LogP contribution in [0.15, 0.2) is 32.5 Å². The molecule has 1 heterocycles. The number of pyridine rings is 1. The lowest BCUT2D eigenvalue weighted by atomic mass is 10.1. The summed E-state index contributed by atoms with van der Waals surface area (Å²) < 4.78 is 0.817. The van der Waals surface area contributed by atoms with Gasteiger partial charge >= 0.3 is 0 Å². The zero-order valence-electron chi connectivity index (χ0n) is 9.33. The van der Waals surface area contributed by atoms with Crippen molar-refractivity contribution in [1.82, 2.24) is 4.98 Å². The number of fused-ring (bicyclic) bond motifs is 1. The van der Waals surface area contributed by atoms with E-state index in [9.17, 15) is 9.59 Å². The molecule has 3 nitrogen and oxygen atoms in total. The number of H-pyrrole nitrogens is 1. The summed E-state index contributed by atoms with van der Waals surface area (Å²) in [4.78, 5) is 26.9. The SMILES string of the molecule is CSc1[nH]c2c(Br)cccc2c(=O)c1C(C)=O. The van der Waals surface area contributed by atoms with Gasteiger partial charge in [-0.2, -0.15) is 0 Å². The lowest BCUT2D eigenvalue weighted by Gasteiger charge is -2.07. The molecule has 2 aromatic rings. The van der Waals surface area contributed by atoms with Crippen molar-refractivity contribution in [3.05, 3.63) is 38.5 Å². The number of carbonyl (C=O) groups excluding carboxylic acids is 1. The van der Waals surface area contributed by atoms with Gasteiger partial charge in [0, 0.05) is 9.86 Å². The van der Waals surface area contributed by atoms with Crippen molar-refractivity contribution in [1.29, 1.82) is 0 Å². The van der Waals surface area contributed by atoms with Crippen LogP contribution in [-0.4, -0.2) is 17.0 Å². The molecule has 17 heavy (non-hydrogen) atoms. The predicted molar refractivity (Wildman–Crippen MR) is 74.1 cm³/mol. The second-order valence-electron chi connectivity index (χ2n) is 3.58. The fourth-order valence-electron chi connectivity index (χ4n) is 1.73. The molecular formula is C12H10BrNO2S. The molecule has 0 aliphatic carbocycles. The molecule has 0 aliphatic rings. The molecule has 0 atom stereocenters. The maximum Gasteiger partial charge on any atom is 0.201 e. The Kier molecular flexibility index (Phi) is 3.40. The minimum absolute atomic E-state index is 0.211. The Balaban J connectivity index is 2.99. The summed E-state index contributed by atoms with van der Waals surface area (Å²) in [7, 11) is 0. The van der Waals surface area contributed by atoms with Crippen LogP contribution >= 0.6 is 27.7 Å². The van der Waals surface area contributed by atoms with Crippen LogP contribution in [0.25, 0.3) is 10.9 Å². The minimum atomic E-state index is -0.211. The van der Waals surface area contributed by atoms with Crippen molar-refractivity contribution in [2.45, 2.75) is 11.9 Å².